The van der Waals surface area contributed by atoms with Gasteiger partial charge in [0.25, 0.3) is 0 Å². The van der Waals surface area contributed by atoms with Crippen molar-refractivity contribution in [1.82, 2.24) is 4.90 Å². The second-order valence-corrected chi connectivity index (χ2v) is 6.55. The number of hydrogen-bond acceptors (Lipinski definition) is 3. The summed E-state index contributed by atoms with van der Waals surface area (Å²) in [5.41, 5.74) is 0.660. The van der Waals surface area contributed by atoms with Crippen molar-refractivity contribution in [1.29, 1.82) is 0 Å². The van der Waals surface area contributed by atoms with E-state index in [1.165, 1.54) is 0 Å². The van der Waals surface area contributed by atoms with Gasteiger partial charge in [-0.1, -0.05) is 23.2 Å². The smallest absolute Gasteiger partial charge is 0.307 e. The lowest BCUT2D eigenvalue weighted by Crippen LogP contribution is -2.41. The molecule has 2 aliphatic rings. The average Bonchev–Trinajstić information content (AvgIpc) is 3.06. The lowest BCUT2D eigenvalue weighted by molar-refractivity contribution is -0.141. The van der Waals surface area contributed by atoms with Crippen molar-refractivity contribution < 1.29 is 14.7 Å². The molecule has 3 rings (SSSR count). The van der Waals surface area contributed by atoms with Gasteiger partial charge in [-0.15, -0.1) is 0 Å². The van der Waals surface area contributed by atoms with Gasteiger partial charge >= 0.3 is 5.97 Å². The van der Waals surface area contributed by atoms with Gasteiger partial charge in [0, 0.05) is 18.1 Å². The zero-order chi connectivity index (χ0) is 15.9. The Morgan fingerprint density at radius 3 is 2.64 bits per heavy atom. The first-order chi connectivity index (χ1) is 10.5. The maximum absolute atomic E-state index is 12.7. The fraction of sp³-hybridized carbons (Fsp3) is 0.467. The molecule has 1 N–H and O–H groups in total. The van der Waals surface area contributed by atoms with Crippen LogP contribution in [0.4, 0.5) is 5.69 Å². The monoisotopic (exact) mass is 342 g/mol. The molecule has 1 aromatic carbocycles. The Kier molecular flexibility index (Phi) is 4.30. The molecule has 2 unspecified atom stereocenters. The molecule has 5 nitrogen and oxygen atoms in total. The summed E-state index contributed by atoms with van der Waals surface area (Å²) in [6.45, 7) is 1.67. The molecular weight excluding hydrogens is 327 g/mol. The highest BCUT2D eigenvalue weighted by Gasteiger charge is 2.41. The highest BCUT2D eigenvalue weighted by atomic mass is 35.5. The first-order valence-corrected chi connectivity index (χ1v) is 7.96. The van der Waals surface area contributed by atoms with Gasteiger partial charge in [-0.05, 0) is 37.6 Å². The van der Waals surface area contributed by atoms with Crippen LogP contribution in [0.3, 0.4) is 0 Å². The van der Waals surface area contributed by atoms with Crippen molar-refractivity contribution in [2.75, 3.05) is 24.5 Å². The van der Waals surface area contributed by atoms with Crippen molar-refractivity contribution >= 4 is 40.8 Å². The number of hydrogen-bond donors (Lipinski definition) is 1. The molecule has 1 amide bonds. The molecule has 2 atom stereocenters. The summed E-state index contributed by atoms with van der Waals surface area (Å²) in [7, 11) is 0. The number of carboxylic acid groups (broad SMARTS) is 1. The van der Waals surface area contributed by atoms with E-state index in [9.17, 15) is 9.59 Å². The van der Waals surface area contributed by atoms with E-state index in [1.807, 2.05) is 4.90 Å². The molecule has 2 fully saturated rings. The fourth-order valence-electron chi connectivity index (χ4n) is 3.21. The Morgan fingerprint density at radius 1 is 1.23 bits per heavy atom. The molecule has 2 aliphatic heterocycles. The normalized spacial score (nSPS) is 25.9. The first kappa shape index (κ1) is 15.6. The van der Waals surface area contributed by atoms with E-state index in [2.05, 4.69) is 0 Å². The number of benzene rings is 1. The number of rotatable bonds is 3. The Balaban J connectivity index is 1.74. The van der Waals surface area contributed by atoms with Crippen LogP contribution in [0.25, 0.3) is 0 Å². The van der Waals surface area contributed by atoms with Crippen LogP contribution in [0.15, 0.2) is 18.2 Å². The van der Waals surface area contributed by atoms with E-state index in [-0.39, 0.29) is 17.9 Å². The van der Waals surface area contributed by atoms with E-state index in [4.69, 9.17) is 28.3 Å². The van der Waals surface area contributed by atoms with Crippen LogP contribution in [0, 0.1) is 5.92 Å². The summed E-state index contributed by atoms with van der Waals surface area (Å²) >= 11 is 12.1. The minimum atomic E-state index is -0.787. The number of likely N-dealkylation sites (tertiary alicyclic amines) is 1. The number of nitrogens with zero attached hydrogens (tertiary/aromatic N) is 2. The van der Waals surface area contributed by atoms with Crippen LogP contribution in [0.5, 0.6) is 0 Å². The van der Waals surface area contributed by atoms with Crippen molar-refractivity contribution in [3.63, 3.8) is 0 Å². The maximum Gasteiger partial charge on any atom is 0.307 e. The van der Waals surface area contributed by atoms with Crippen LogP contribution >= 0.6 is 23.2 Å². The molecule has 2 heterocycles. The number of carbonyl (C=O) groups excluding carboxylic acids is 1. The van der Waals surface area contributed by atoms with Crippen LogP contribution < -0.4 is 4.90 Å². The second kappa shape index (κ2) is 6.07. The van der Waals surface area contributed by atoms with Crippen molar-refractivity contribution in [3.05, 3.63) is 28.2 Å². The summed E-state index contributed by atoms with van der Waals surface area (Å²) in [6, 6.07) is 4.82. The third-order valence-electron chi connectivity index (χ3n) is 4.39. The third kappa shape index (κ3) is 2.81. The van der Waals surface area contributed by atoms with Gasteiger partial charge in [-0.2, -0.15) is 0 Å². The van der Waals surface area contributed by atoms with Crippen molar-refractivity contribution in [3.8, 4) is 0 Å². The third-order valence-corrected chi connectivity index (χ3v) is 4.93. The molecule has 0 bridgehead atoms. The lowest BCUT2D eigenvalue weighted by Gasteiger charge is -2.23. The number of carbonyl (C=O) groups is 2. The van der Waals surface area contributed by atoms with Gasteiger partial charge < -0.3 is 10.0 Å². The topological polar surface area (TPSA) is 60.9 Å². The minimum absolute atomic E-state index is 0.0183. The molecule has 0 saturated carbocycles. The summed E-state index contributed by atoms with van der Waals surface area (Å²) in [4.78, 5) is 27.3. The van der Waals surface area contributed by atoms with Gasteiger partial charge in [-0.3, -0.25) is 14.5 Å². The number of anilines is 1. The molecule has 22 heavy (non-hydrogen) atoms. The summed E-state index contributed by atoms with van der Waals surface area (Å²) in [6.07, 6.45) is 1.28. The van der Waals surface area contributed by atoms with Gasteiger partial charge in [0.2, 0.25) is 5.91 Å². The van der Waals surface area contributed by atoms with E-state index in [0.29, 0.717) is 48.2 Å². The van der Waals surface area contributed by atoms with Crippen LogP contribution in [0.1, 0.15) is 12.8 Å². The average molecular weight is 343 g/mol. The first-order valence-electron chi connectivity index (χ1n) is 7.20. The molecule has 7 heteroatoms. The molecule has 0 spiro atoms. The van der Waals surface area contributed by atoms with E-state index < -0.39 is 5.97 Å². The predicted molar refractivity (Wildman–Crippen MR) is 84.5 cm³/mol. The fourth-order valence-corrected chi connectivity index (χ4v) is 3.73. The Labute approximate surface area is 138 Å². The molecule has 2 saturated heterocycles. The Hall–Kier alpha value is -1.30. The van der Waals surface area contributed by atoms with E-state index in [0.717, 1.165) is 0 Å². The van der Waals surface area contributed by atoms with Gasteiger partial charge in [0.1, 0.15) is 0 Å². The number of aliphatic carboxylic acids is 1. The molecule has 0 radical (unpaired) electrons. The second-order valence-electron chi connectivity index (χ2n) is 5.71. The van der Waals surface area contributed by atoms with Crippen LogP contribution in [0.2, 0.25) is 10.0 Å². The van der Waals surface area contributed by atoms with Crippen LogP contribution in [-0.4, -0.2) is 47.6 Å². The summed E-state index contributed by atoms with van der Waals surface area (Å²) in [5.74, 6) is -1.18. The summed E-state index contributed by atoms with van der Waals surface area (Å²) in [5, 5.41) is 10.1. The summed E-state index contributed by atoms with van der Waals surface area (Å²) < 4.78 is 0. The standard InChI is InChI=1S/C15H16Cl2N2O3/c16-10-1-2-12(11(17)7-10)19-6-4-13(14(19)20)18-5-3-9(8-18)15(21)22/h1-2,7,9,13H,3-6,8H2,(H,21,22). The zero-order valence-corrected chi connectivity index (χ0v) is 13.3. The zero-order valence-electron chi connectivity index (χ0n) is 11.8. The Bertz CT molecular complexity index is 623. The quantitative estimate of drug-likeness (QED) is 0.916. The number of carboxylic acids is 1. The number of halogens is 2. The Morgan fingerprint density at radius 2 is 2.00 bits per heavy atom. The molecular formula is C15H16Cl2N2O3. The predicted octanol–water partition coefficient (Wildman–Crippen LogP) is 2.51. The van der Waals surface area contributed by atoms with Gasteiger partial charge in [0.05, 0.1) is 22.7 Å². The lowest BCUT2D eigenvalue weighted by atomic mass is 10.1. The van der Waals surface area contributed by atoms with Crippen molar-refractivity contribution in [2.24, 2.45) is 5.92 Å². The highest BCUT2D eigenvalue weighted by Crippen LogP contribution is 2.33. The van der Waals surface area contributed by atoms with E-state index >= 15 is 0 Å². The molecule has 0 aliphatic carbocycles. The van der Waals surface area contributed by atoms with E-state index in [1.54, 1.807) is 23.1 Å². The van der Waals surface area contributed by atoms with Gasteiger partial charge in [-0.25, -0.2) is 0 Å². The van der Waals surface area contributed by atoms with Crippen LogP contribution in [-0.2, 0) is 9.59 Å². The SMILES string of the molecule is O=C(O)C1CCN(C2CCN(c3ccc(Cl)cc3Cl)C2=O)C1. The number of amides is 1. The largest absolute Gasteiger partial charge is 0.481 e. The molecule has 118 valence electrons. The maximum atomic E-state index is 12.7. The minimum Gasteiger partial charge on any atom is -0.481 e. The highest BCUT2D eigenvalue weighted by molar-refractivity contribution is 6.36. The molecule has 1 aromatic rings. The molecule has 0 aromatic heterocycles. The van der Waals surface area contributed by atoms with Gasteiger partial charge in [0.15, 0.2) is 0 Å². The van der Waals surface area contributed by atoms with Crippen molar-refractivity contribution in [2.45, 2.75) is 18.9 Å².